The van der Waals surface area contributed by atoms with Crippen LogP contribution in [0.4, 0.5) is 5.69 Å². The van der Waals surface area contributed by atoms with E-state index >= 15 is 0 Å². The van der Waals surface area contributed by atoms with E-state index in [4.69, 9.17) is 67.1 Å². The second-order valence-electron chi connectivity index (χ2n) is 6.07. The fourth-order valence-corrected chi connectivity index (χ4v) is 17.0. The topological polar surface area (TPSA) is 108 Å². The lowest BCUT2D eigenvalue weighted by molar-refractivity contribution is -0.384. The molecule has 0 aromatic heterocycles. The molecule has 0 aliphatic carbocycles. The Morgan fingerprint density at radius 3 is 1.35 bits per heavy atom. The molecule has 0 saturated carbocycles. The van der Waals surface area contributed by atoms with Crippen LogP contribution in [0.1, 0.15) is 41.5 Å². The van der Waals surface area contributed by atoms with Gasteiger partial charge in [-0.3, -0.25) is 19.2 Å². The summed E-state index contributed by atoms with van der Waals surface area (Å²) >= 11 is 19.0. The van der Waals surface area contributed by atoms with Gasteiger partial charge < -0.3 is 22.6 Å². The molecule has 1 rings (SSSR count). The summed E-state index contributed by atoms with van der Waals surface area (Å²) in [5.74, 6) is 0.394. The van der Waals surface area contributed by atoms with Crippen molar-refractivity contribution in [3.05, 3.63) is 34.4 Å². The summed E-state index contributed by atoms with van der Waals surface area (Å²) in [6.45, 7) is 11.4. The van der Waals surface area contributed by atoms with Gasteiger partial charge in [0.1, 0.15) is 5.75 Å². The maximum Gasteiger partial charge on any atom is 0.380 e. The van der Waals surface area contributed by atoms with Gasteiger partial charge in [-0.05, 0) is 77.3 Å². The zero-order chi connectivity index (χ0) is 28.4. The summed E-state index contributed by atoms with van der Waals surface area (Å²) in [6.07, 6.45) is 0. The van der Waals surface area contributed by atoms with Gasteiger partial charge in [0, 0.05) is 23.9 Å². The minimum absolute atomic E-state index is 0.0107. The van der Waals surface area contributed by atoms with Gasteiger partial charge in [-0.1, -0.05) is 22.8 Å². The van der Waals surface area contributed by atoms with Crippen LogP contribution in [0.2, 0.25) is 0 Å². The van der Waals surface area contributed by atoms with E-state index in [1.807, 2.05) is 27.7 Å². The third-order valence-corrected chi connectivity index (χ3v) is 17.8. The van der Waals surface area contributed by atoms with Crippen LogP contribution in [0.25, 0.3) is 0 Å². The lowest BCUT2D eigenvalue weighted by atomic mass is 10.3. The molecule has 216 valence electrons. The lowest BCUT2D eigenvalue weighted by Crippen LogP contribution is -2.02. The van der Waals surface area contributed by atoms with E-state index in [0.717, 1.165) is 0 Å². The molecular weight excluding hydrogens is 639 g/mol. The number of hydrogen-bond donors (Lipinski definition) is 0. The lowest BCUT2D eigenvalue weighted by Gasteiger charge is -2.23. The predicted octanol–water partition coefficient (Wildman–Crippen LogP) is 8.28. The van der Waals surface area contributed by atoms with Crippen molar-refractivity contribution < 1.29 is 36.6 Å². The third kappa shape index (κ3) is 16.6. The predicted molar refractivity (Wildman–Crippen MR) is 166 cm³/mol. The van der Waals surface area contributed by atoms with Gasteiger partial charge >= 0.3 is 6.72 Å². The molecule has 0 atom stereocenters. The average Bonchev–Trinajstić information content (AvgIpc) is 2.80. The summed E-state index contributed by atoms with van der Waals surface area (Å²) < 4.78 is 38.3. The van der Waals surface area contributed by atoms with E-state index in [-0.39, 0.29) is 5.69 Å². The summed E-state index contributed by atoms with van der Waals surface area (Å²) in [5.41, 5.74) is -4.52. The number of nitro benzene ring substituents is 1. The number of nitro groups is 1. The normalized spacial score (nSPS) is 12.1. The molecule has 1 aromatic carbocycles. The third-order valence-electron chi connectivity index (χ3n) is 3.41. The molecule has 0 heterocycles. The molecule has 0 aliphatic rings. The molecule has 0 N–H and O–H groups in total. The molecular formula is C19H36NO9P3S5. The highest BCUT2D eigenvalue weighted by Gasteiger charge is 2.24. The van der Waals surface area contributed by atoms with Gasteiger partial charge in [-0.25, -0.2) is 0 Å². The standard InChI is InChI=1S/C10H14NO5PS.C9H22O4P2S4/c1-3-14-17(18,15-4-2)16-10-7-5-9(6-8-10)11(12)13;1-5-10-14(16,11-6-2)18-9-19-15(17,12-7-3)13-8-4/h5-8H,3-4H2,1-2H3;5-9H2,1-4H3. The van der Waals surface area contributed by atoms with Crippen molar-refractivity contribution in [2.24, 2.45) is 0 Å². The van der Waals surface area contributed by atoms with Crippen LogP contribution in [-0.2, 0) is 62.6 Å². The van der Waals surface area contributed by atoms with Gasteiger partial charge in [-0.2, -0.15) is 0 Å². The Kier molecular flexibility index (Phi) is 21.1. The first kappa shape index (κ1) is 37.8. The van der Waals surface area contributed by atoms with Crippen LogP contribution in [0.15, 0.2) is 24.3 Å². The molecule has 0 amide bonds. The van der Waals surface area contributed by atoms with Gasteiger partial charge in [0.15, 0.2) is 0 Å². The van der Waals surface area contributed by atoms with E-state index in [1.54, 1.807) is 13.8 Å². The monoisotopic (exact) mass is 675 g/mol. The fraction of sp³-hybridized carbons (Fsp3) is 0.684. The highest BCUT2D eigenvalue weighted by Crippen LogP contribution is 2.67. The first-order valence-electron chi connectivity index (χ1n) is 11.4. The van der Waals surface area contributed by atoms with Crippen LogP contribution < -0.4 is 4.52 Å². The molecule has 0 unspecified atom stereocenters. The van der Waals surface area contributed by atoms with Crippen molar-refractivity contribution in [3.63, 3.8) is 0 Å². The average molecular weight is 676 g/mol. The van der Waals surface area contributed by atoms with Gasteiger partial charge in [0.2, 0.25) is 11.4 Å². The Morgan fingerprint density at radius 1 is 0.703 bits per heavy atom. The Bertz CT molecular complexity index is 867. The Balaban J connectivity index is 0.000000701. The van der Waals surface area contributed by atoms with Crippen molar-refractivity contribution in [1.82, 2.24) is 0 Å². The number of hydrogen-bond acceptors (Lipinski definition) is 14. The molecule has 0 fully saturated rings. The molecule has 1 aromatic rings. The maximum atomic E-state index is 10.5. The van der Waals surface area contributed by atoms with E-state index in [0.29, 0.717) is 50.5 Å². The fourth-order valence-electron chi connectivity index (χ4n) is 2.17. The van der Waals surface area contributed by atoms with Crippen LogP contribution in [0, 0.1) is 10.1 Å². The van der Waals surface area contributed by atoms with Crippen molar-refractivity contribution >= 4 is 82.0 Å². The van der Waals surface area contributed by atoms with Crippen molar-refractivity contribution in [2.45, 2.75) is 41.5 Å². The van der Waals surface area contributed by atoms with Crippen LogP contribution in [0.5, 0.6) is 5.75 Å². The number of benzene rings is 1. The smallest absolute Gasteiger partial charge is 0.380 e. The summed E-state index contributed by atoms with van der Waals surface area (Å²) in [5, 5.41) is 11.2. The van der Waals surface area contributed by atoms with Gasteiger partial charge in [0.05, 0.1) is 49.6 Å². The maximum absolute atomic E-state index is 10.5. The summed E-state index contributed by atoms with van der Waals surface area (Å²) in [6, 6.07) is 5.62. The molecule has 0 aliphatic heterocycles. The summed E-state index contributed by atoms with van der Waals surface area (Å²) in [7, 11) is 0. The minimum Gasteiger partial charge on any atom is -0.424 e. The van der Waals surface area contributed by atoms with E-state index in [2.05, 4.69) is 0 Å². The number of rotatable bonds is 19. The van der Waals surface area contributed by atoms with E-state index in [9.17, 15) is 10.1 Å². The Morgan fingerprint density at radius 2 is 1.05 bits per heavy atom. The molecule has 0 bridgehead atoms. The van der Waals surface area contributed by atoms with E-state index in [1.165, 1.54) is 47.0 Å². The number of non-ortho nitro benzene ring substituents is 1. The van der Waals surface area contributed by atoms with Crippen LogP contribution >= 0.6 is 40.9 Å². The molecule has 0 spiro atoms. The zero-order valence-electron chi connectivity index (χ0n) is 21.8. The van der Waals surface area contributed by atoms with Crippen LogP contribution in [0.3, 0.4) is 0 Å². The minimum atomic E-state index is -2.82. The van der Waals surface area contributed by atoms with Crippen LogP contribution in [-0.4, -0.2) is 49.6 Å². The Hall–Kier alpha value is 0.830. The molecule has 18 heteroatoms. The summed E-state index contributed by atoms with van der Waals surface area (Å²) in [4.78, 5) is 10.0. The van der Waals surface area contributed by atoms with Gasteiger partial charge in [-0.15, -0.1) is 0 Å². The van der Waals surface area contributed by atoms with Crippen molar-refractivity contribution in [2.75, 3.05) is 44.7 Å². The van der Waals surface area contributed by atoms with Gasteiger partial charge in [0.25, 0.3) is 5.69 Å². The second kappa shape index (κ2) is 20.7. The quantitative estimate of drug-likeness (QED) is 0.0607. The van der Waals surface area contributed by atoms with E-state index < -0.39 is 23.0 Å². The van der Waals surface area contributed by atoms with Crippen molar-refractivity contribution in [1.29, 1.82) is 0 Å². The molecule has 0 radical (unpaired) electrons. The molecule has 37 heavy (non-hydrogen) atoms. The molecule has 0 saturated heterocycles. The molecule has 10 nitrogen and oxygen atoms in total. The second-order valence-corrected chi connectivity index (χ2v) is 22.0. The Labute approximate surface area is 243 Å². The number of nitrogens with zero attached hydrogens (tertiary/aromatic N) is 1. The first-order valence-corrected chi connectivity index (χ1v) is 22.4. The first-order chi connectivity index (χ1) is 17.5. The SMILES string of the molecule is CCOP(=S)(OCC)Oc1ccc([N+](=O)[O-])cc1.CCOP(=S)(OCC)SCSP(=S)(OCC)OCC. The largest absolute Gasteiger partial charge is 0.424 e. The zero-order valence-corrected chi connectivity index (χ0v) is 28.5. The highest BCUT2D eigenvalue weighted by molar-refractivity contribution is 8.76. The van der Waals surface area contributed by atoms with Crippen molar-refractivity contribution in [3.8, 4) is 5.75 Å². The highest BCUT2D eigenvalue weighted by atomic mass is 32.9.